The monoisotopic (exact) mass is 474 g/mol. The molecule has 0 unspecified atom stereocenters. The molecule has 0 N–H and O–H groups in total. The Bertz CT molecular complexity index is 898. The van der Waals surface area contributed by atoms with E-state index in [0.717, 1.165) is 6.16 Å². The van der Waals surface area contributed by atoms with Crippen LogP contribution in [0, 0.1) is 0 Å². The van der Waals surface area contributed by atoms with E-state index in [4.69, 9.17) is 0 Å². The van der Waals surface area contributed by atoms with Crippen LogP contribution in [-0.2, 0) is 23.6 Å². The number of hydrogen-bond acceptors (Lipinski definition) is 0. The Hall–Kier alpha value is -2.28. The minimum Gasteiger partial charge on any atom is -0.0622 e. The normalized spacial score (nSPS) is 10.6. The summed E-state index contributed by atoms with van der Waals surface area (Å²) in [4.78, 5) is 0. The topological polar surface area (TPSA) is 0 Å². The fourth-order valence-electron chi connectivity index (χ4n) is 3.63. The van der Waals surface area contributed by atoms with Crippen LogP contribution < -0.4 is 15.9 Å². The summed E-state index contributed by atoms with van der Waals surface area (Å²) >= 11 is -5.12. The first-order chi connectivity index (χ1) is 14.6. The number of rotatable bonds is 5. The van der Waals surface area contributed by atoms with Crippen molar-refractivity contribution in [3.05, 3.63) is 127 Å². The maximum absolute atomic E-state index is 9.88. The van der Waals surface area contributed by atoms with Gasteiger partial charge >= 0.3 is 27.4 Å². The third-order valence-electron chi connectivity index (χ3n) is 4.85. The van der Waals surface area contributed by atoms with Gasteiger partial charge in [-0.2, -0.15) is 0 Å². The molecule has 150 valence electrons. The fraction of sp³-hybridized carbons (Fsp3) is 0.0400. The Morgan fingerprint density at radius 1 is 0.467 bits per heavy atom. The molecule has 0 amide bonds. The maximum Gasteiger partial charge on any atom is 0.116 e. The smallest absolute Gasteiger partial charge is 0.0622 e. The van der Waals surface area contributed by atoms with Gasteiger partial charge in [-0.15, -0.1) is 0 Å². The van der Waals surface area contributed by atoms with Crippen molar-refractivity contribution in [2.75, 3.05) is 0 Å². The average Bonchev–Trinajstić information content (AvgIpc) is 2.80. The molecule has 0 nitrogen and oxygen atoms in total. The van der Waals surface area contributed by atoms with Gasteiger partial charge in [-0.1, -0.05) is 84.9 Å². The minimum absolute atomic E-state index is 1.03. The van der Waals surface area contributed by atoms with E-state index >= 15 is 0 Å². The van der Waals surface area contributed by atoms with E-state index in [1.54, 1.807) is 0 Å². The quantitative estimate of drug-likeness (QED) is 0.230. The van der Waals surface area contributed by atoms with Crippen LogP contribution in [0.2, 0.25) is 0 Å². The van der Waals surface area contributed by atoms with Crippen molar-refractivity contribution in [3.63, 3.8) is 0 Å². The van der Waals surface area contributed by atoms with Gasteiger partial charge in [0, 0.05) is 0 Å². The van der Waals surface area contributed by atoms with Gasteiger partial charge in [0.2, 0.25) is 0 Å². The van der Waals surface area contributed by atoms with E-state index in [2.05, 4.69) is 121 Å². The minimum atomic E-state index is -5.12. The molecule has 0 bridgehead atoms. The number of halogens is 3. The van der Waals surface area contributed by atoms with Gasteiger partial charge in [-0.3, -0.25) is 0 Å². The van der Waals surface area contributed by atoms with Gasteiger partial charge in [-0.25, -0.2) is 0 Å². The van der Waals surface area contributed by atoms with E-state index in [0.29, 0.717) is 0 Å². The van der Waals surface area contributed by atoms with Crippen molar-refractivity contribution in [1.82, 2.24) is 0 Å². The summed E-state index contributed by atoms with van der Waals surface area (Å²) in [7, 11) is -1.78. The van der Waals surface area contributed by atoms with Crippen LogP contribution in [0.25, 0.3) is 0 Å². The molecule has 0 aliphatic rings. The van der Waals surface area contributed by atoms with Crippen LogP contribution in [0.5, 0.6) is 0 Å². The molecule has 0 aliphatic heterocycles. The van der Waals surface area contributed by atoms with Crippen molar-refractivity contribution in [1.29, 1.82) is 0 Å². The third-order valence-corrected chi connectivity index (χ3v) is 9.23. The van der Waals surface area contributed by atoms with Crippen LogP contribution in [0.15, 0.2) is 121 Å². The molecule has 5 heteroatoms. The second-order valence-corrected chi connectivity index (χ2v) is 11.5. The largest absolute Gasteiger partial charge is 0.116 e. The summed E-state index contributed by atoms with van der Waals surface area (Å²) < 4.78 is 29.6. The Morgan fingerprint density at radius 2 is 0.733 bits per heavy atom. The average molecular weight is 476 g/mol. The van der Waals surface area contributed by atoms with Crippen LogP contribution in [0.1, 0.15) is 5.56 Å². The maximum atomic E-state index is 9.88. The molecule has 0 aromatic heterocycles. The zero-order chi connectivity index (χ0) is 21.2. The van der Waals surface area contributed by atoms with E-state index in [9.17, 15) is 9.95 Å². The van der Waals surface area contributed by atoms with E-state index in [1.807, 2.05) is 0 Å². The van der Waals surface area contributed by atoms with Crippen molar-refractivity contribution < 1.29 is 27.4 Å². The van der Waals surface area contributed by atoms with Gasteiger partial charge in [-0.05, 0) is 42.0 Å². The molecular weight excluding hydrogens is 454 g/mol. The van der Waals surface area contributed by atoms with Crippen LogP contribution >= 0.6 is 7.26 Å². The van der Waals surface area contributed by atoms with Crippen molar-refractivity contribution >= 4 is 23.2 Å². The van der Waals surface area contributed by atoms with Crippen molar-refractivity contribution in [2.45, 2.75) is 6.16 Å². The molecule has 0 spiro atoms. The van der Waals surface area contributed by atoms with Gasteiger partial charge in [0.05, 0.1) is 6.16 Å². The summed E-state index contributed by atoms with van der Waals surface area (Å²) in [5, 5.41) is 4.30. The van der Waals surface area contributed by atoms with Crippen LogP contribution in [0.4, 0.5) is 9.95 Å². The van der Waals surface area contributed by atoms with Gasteiger partial charge in [0.15, 0.2) is 0 Å². The molecule has 0 heterocycles. The molecular formula is C25H22F3PZn. The van der Waals surface area contributed by atoms with Gasteiger partial charge in [0.25, 0.3) is 0 Å². The SMILES string of the molecule is [F][Zn-]([F])[F].c1ccc(C[P+](c2ccccc2)(c2ccccc2)c2ccccc2)cc1. The van der Waals surface area contributed by atoms with E-state index < -0.39 is 24.7 Å². The molecule has 4 aromatic rings. The molecule has 4 rings (SSSR count). The Labute approximate surface area is 183 Å². The molecule has 0 atom stereocenters. The predicted molar refractivity (Wildman–Crippen MR) is 119 cm³/mol. The first-order valence-electron chi connectivity index (χ1n) is 9.79. The standard InChI is InChI=1S/C25H22P.3FH.Zn/c1-5-13-22(14-6-1)21-26(23-15-7-2-8-16-23,24-17-9-3-10-18-24)25-19-11-4-12-20-25;;;;/h1-20H,21H2;3*1H;/q+1;;;;+2/p-3. The summed E-state index contributed by atoms with van der Waals surface area (Å²) in [5.74, 6) is 0. The van der Waals surface area contributed by atoms with E-state index in [-0.39, 0.29) is 0 Å². The summed E-state index contributed by atoms with van der Waals surface area (Å²) in [5.41, 5.74) is 1.39. The Kier molecular flexibility index (Phi) is 8.37. The molecule has 0 fully saturated rings. The summed E-state index contributed by atoms with van der Waals surface area (Å²) in [6.07, 6.45) is 1.03. The molecule has 0 aliphatic carbocycles. The molecule has 0 saturated carbocycles. The number of benzene rings is 4. The number of hydrogen-bond donors (Lipinski definition) is 0. The Balaban J connectivity index is 0.000000589. The van der Waals surface area contributed by atoms with Crippen LogP contribution in [0.3, 0.4) is 0 Å². The van der Waals surface area contributed by atoms with Crippen molar-refractivity contribution in [2.24, 2.45) is 0 Å². The summed E-state index contributed by atoms with van der Waals surface area (Å²) in [6, 6.07) is 44.0. The molecule has 30 heavy (non-hydrogen) atoms. The predicted octanol–water partition coefficient (Wildman–Crippen LogP) is 6.44. The molecule has 0 saturated heterocycles. The molecule has 4 aromatic carbocycles. The Morgan fingerprint density at radius 3 is 1.03 bits per heavy atom. The molecule has 0 radical (unpaired) electrons. The second kappa shape index (κ2) is 11.2. The van der Waals surface area contributed by atoms with Gasteiger partial charge < -0.3 is 0 Å². The first kappa shape index (κ1) is 22.4. The first-order valence-corrected chi connectivity index (χ1v) is 15.1. The zero-order valence-corrected chi connectivity index (χ0v) is 20.4. The third kappa shape index (κ3) is 5.66. The van der Waals surface area contributed by atoms with Crippen LogP contribution in [-0.4, -0.2) is 0 Å². The van der Waals surface area contributed by atoms with E-state index in [1.165, 1.54) is 21.5 Å². The second-order valence-electron chi connectivity index (χ2n) is 6.76. The van der Waals surface area contributed by atoms with Gasteiger partial charge in [0.1, 0.15) is 23.2 Å². The summed E-state index contributed by atoms with van der Waals surface area (Å²) in [6.45, 7) is 0. The van der Waals surface area contributed by atoms with Crippen molar-refractivity contribution in [3.8, 4) is 0 Å². The fourth-order valence-corrected chi connectivity index (χ4v) is 7.87. The zero-order valence-electron chi connectivity index (χ0n) is 16.5.